The molecule has 0 radical (unpaired) electrons. The smallest absolute Gasteiger partial charge is 0.227 e. The van der Waals surface area contributed by atoms with Gasteiger partial charge in [0.2, 0.25) is 11.7 Å². The van der Waals surface area contributed by atoms with Crippen molar-refractivity contribution in [3.63, 3.8) is 0 Å². The van der Waals surface area contributed by atoms with Crippen molar-refractivity contribution >= 4 is 29.1 Å². The van der Waals surface area contributed by atoms with Crippen LogP contribution in [0.2, 0.25) is 0 Å². The largest absolute Gasteiger partial charge is 0.342 e. The van der Waals surface area contributed by atoms with Crippen molar-refractivity contribution in [2.24, 2.45) is 5.92 Å². The molecular weight excluding hydrogens is 537 g/mol. The second kappa shape index (κ2) is 14.6. The molecule has 1 saturated heterocycles. The van der Waals surface area contributed by atoms with Gasteiger partial charge in [0.15, 0.2) is 23.3 Å². The van der Waals surface area contributed by atoms with E-state index in [-0.39, 0.29) is 18.3 Å². The van der Waals surface area contributed by atoms with Crippen LogP contribution in [0.1, 0.15) is 36.8 Å². The van der Waals surface area contributed by atoms with Gasteiger partial charge in [-0.25, -0.2) is 22.0 Å². The highest BCUT2D eigenvalue weighted by Crippen LogP contribution is 2.23. The molecule has 0 bridgehead atoms. The van der Waals surface area contributed by atoms with Crippen LogP contribution in [0.15, 0.2) is 42.5 Å². The number of unbranched alkanes of at least 4 members (excludes halogenated alkanes) is 1. The van der Waals surface area contributed by atoms with Crippen molar-refractivity contribution in [3.8, 4) is 0 Å². The van der Waals surface area contributed by atoms with Gasteiger partial charge in [-0.05, 0) is 67.6 Å². The Morgan fingerprint density at radius 2 is 1.38 bits per heavy atom. The van der Waals surface area contributed by atoms with Gasteiger partial charge in [0.05, 0.1) is 6.42 Å². The molecule has 4 rings (SSSR count). The minimum atomic E-state index is -2.15. The molecule has 0 spiro atoms. The van der Waals surface area contributed by atoms with Crippen LogP contribution in [0.3, 0.4) is 0 Å². The lowest BCUT2D eigenvalue weighted by molar-refractivity contribution is -0.131. The van der Waals surface area contributed by atoms with Crippen LogP contribution < -0.4 is 10.6 Å². The van der Waals surface area contributed by atoms with E-state index in [1.54, 1.807) is 0 Å². The minimum Gasteiger partial charge on any atom is -0.342 e. The third-order valence-corrected chi connectivity index (χ3v) is 7.18. The number of nitrogens with one attached hydrogen (secondary N) is 2. The molecule has 1 amide bonds. The first-order chi connectivity index (χ1) is 18.4. The third kappa shape index (κ3) is 7.68. The average molecular weight is 570 g/mol. The summed E-state index contributed by atoms with van der Waals surface area (Å²) in [7, 11) is 0. The molecule has 0 saturated carbocycles. The second-order valence-corrected chi connectivity index (χ2v) is 9.78. The van der Waals surface area contributed by atoms with Crippen LogP contribution in [0.25, 0.3) is 10.8 Å². The Morgan fingerprint density at radius 3 is 2.08 bits per heavy atom. The van der Waals surface area contributed by atoms with Crippen LogP contribution in [-0.2, 0) is 17.8 Å². The van der Waals surface area contributed by atoms with Gasteiger partial charge in [0, 0.05) is 25.2 Å². The van der Waals surface area contributed by atoms with Crippen molar-refractivity contribution in [2.45, 2.75) is 38.6 Å². The first kappa shape index (κ1) is 30.8. The molecule has 1 fully saturated rings. The number of rotatable bonds is 11. The molecule has 1 aliphatic heterocycles. The Hall–Kier alpha value is -2.75. The molecule has 3 aromatic rings. The molecule has 2 N–H and O–H groups in total. The van der Waals surface area contributed by atoms with Crippen LogP contribution in [-0.4, -0.2) is 43.5 Å². The second-order valence-electron chi connectivity index (χ2n) is 9.78. The summed E-state index contributed by atoms with van der Waals surface area (Å²) in [5.41, 5.74) is 0.208. The number of benzene rings is 3. The van der Waals surface area contributed by atoms with Gasteiger partial charge in [-0.15, -0.1) is 12.4 Å². The Balaban J connectivity index is 0.00000420. The zero-order chi connectivity index (χ0) is 27.1. The van der Waals surface area contributed by atoms with E-state index < -0.39 is 41.2 Å². The predicted octanol–water partition coefficient (Wildman–Crippen LogP) is 5.90. The molecule has 212 valence electrons. The van der Waals surface area contributed by atoms with Crippen molar-refractivity contribution < 1.29 is 26.7 Å². The van der Waals surface area contributed by atoms with Gasteiger partial charge in [0.25, 0.3) is 0 Å². The standard InChI is InChI=1S/C29H32F5N3O.ClH/c30-25-23(26(31)28(33)29(34)27(25)32)18-36-13-4-3-12-35-17-19-10-14-37(15-11-19)24(38)16-21-8-5-7-20-6-1-2-9-22(20)21;/h1-2,5-9,19,35-36H,3-4,10-18H2;1H. The lowest BCUT2D eigenvalue weighted by Gasteiger charge is -2.32. The summed E-state index contributed by atoms with van der Waals surface area (Å²) >= 11 is 0. The lowest BCUT2D eigenvalue weighted by Crippen LogP contribution is -2.41. The highest BCUT2D eigenvalue weighted by atomic mass is 35.5. The van der Waals surface area contributed by atoms with Gasteiger partial charge < -0.3 is 15.5 Å². The SMILES string of the molecule is Cl.O=C(Cc1cccc2ccccc12)N1CCC(CNCCCCNCc2c(F)c(F)c(F)c(F)c2F)CC1. The molecule has 0 unspecified atom stereocenters. The Labute approximate surface area is 231 Å². The quantitative estimate of drug-likeness (QED) is 0.131. The van der Waals surface area contributed by atoms with Gasteiger partial charge in [-0.1, -0.05) is 42.5 Å². The van der Waals surface area contributed by atoms with Crippen LogP contribution in [0.5, 0.6) is 0 Å². The summed E-state index contributed by atoms with van der Waals surface area (Å²) in [5, 5.41) is 8.41. The molecule has 0 aliphatic carbocycles. The molecule has 1 heterocycles. The number of hydrogen-bond donors (Lipinski definition) is 2. The highest BCUT2D eigenvalue weighted by Gasteiger charge is 2.25. The van der Waals surface area contributed by atoms with Gasteiger partial charge >= 0.3 is 0 Å². The number of likely N-dealkylation sites (tertiary alicyclic amines) is 1. The summed E-state index contributed by atoms with van der Waals surface area (Å²) in [6, 6.07) is 14.2. The van der Waals surface area contributed by atoms with E-state index in [1.807, 2.05) is 29.2 Å². The van der Waals surface area contributed by atoms with E-state index in [2.05, 4.69) is 28.8 Å². The fraction of sp³-hybridized carbons (Fsp3) is 0.414. The Bertz CT molecular complexity index is 1230. The fourth-order valence-electron chi connectivity index (χ4n) is 4.93. The Kier molecular flexibility index (Phi) is 11.5. The number of carbonyl (C=O) groups is 1. The third-order valence-electron chi connectivity index (χ3n) is 7.18. The summed E-state index contributed by atoms with van der Waals surface area (Å²) in [4.78, 5) is 14.8. The van der Waals surface area contributed by atoms with Crippen molar-refractivity contribution in [3.05, 3.63) is 82.7 Å². The first-order valence-corrected chi connectivity index (χ1v) is 13.0. The Morgan fingerprint density at radius 1 is 0.795 bits per heavy atom. The molecule has 3 aromatic carbocycles. The zero-order valence-electron chi connectivity index (χ0n) is 21.6. The number of piperidine rings is 1. The van der Waals surface area contributed by atoms with E-state index in [9.17, 15) is 26.7 Å². The zero-order valence-corrected chi connectivity index (χ0v) is 22.4. The molecule has 4 nitrogen and oxygen atoms in total. The maximum atomic E-state index is 13.7. The van der Waals surface area contributed by atoms with Gasteiger partial charge in [0.1, 0.15) is 0 Å². The van der Waals surface area contributed by atoms with Crippen LogP contribution in [0, 0.1) is 35.0 Å². The van der Waals surface area contributed by atoms with Crippen LogP contribution in [0.4, 0.5) is 22.0 Å². The molecule has 0 atom stereocenters. The number of fused-ring (bicyclic) bond motifs is 1. The summed E-state index contributed by atoms with van der Waals surface area (Å²) in [6.45, 7) is 3.05. The summed E-state index contributed by atoms with van der Waals surface area (Å²) in [6.07, 6.45) is 3.77. The number of hydrogen-bond acceptors (Lipinski definition) is 3. The fourth-order valence-corrected chi connectivity index (χ4v) is 4.93. The topological polar surface area (TPSA) is 44.4 Å². The van der Waals surface area contributed by atoms with E-state index in [0.29, 0.717) is 25.3 Å². The van der Waals surface area contributed by atoms with Crippen LogP contribution >= 0.6 is 12.4 Å². The van der Waals surface area contributed by atoms with E-state index >= 15 is 0 Å². The molecule has 1 aliphatic rings. The normalized spacial score (nSPS) is 14.0. The van der Waals surface area contributed by atoms with E-state index in [4.69, 9.17) is 0 Å². The minimum absolute atomic E-state index is 0. The molecule has 0 aromatic heterocycles. The number of nitrogens with zero attached hydrogens (tertiary/aromatic N) is 1. The molecule has 10 heteroatoms. The average Bonchev–Trinajstić information content (AvgIpc) is 2.94. The molecule has 39 heavy (non-hydrogen) atoms. The number of halogens is 6. The van der Waals surface area contributed by atoms with Crippen molar-refractivity contribution in [1.29, 1.82) is 0 Å². The first-order valence-electron chi connectivity index (χ1n) is 13.0. The van der Waals surface area contributed by atoms with E-state index in [1.165, 1.54) is 0 Å². The maximum absolute atomic E-state index is 13.7. The lowest BCUT2D eigenvalue weighted by atomic mass is 9.95. The maximum Gasteiger partial charge on any atom is 0.227 e. The van der Waals surface area contributed by atoms with Crippen molar-refractivity contribution in [1.82, 2.24) is 15.5 Å². The molecular formula is C29H33ClF5N3O. The number of carbonyl (C=O) groups excluding carboxylic acids is 1. The summed E-state index contributed by atoms with van der Waals surface area (Å²) < 4.78 is 67.0. The highest BCUT2D eigenvalue weighted by molar-refractivity contribution is 5.90. The van der Waals surface area contributed by atoms with Gasteiger partial charge in [-0.2, -0.15) is 0 Å². The monoisotopic (exact) mass is 569 g/mol. The van der Waals surface area contributed by atoms with Gasteiger partial charge in [-0.3, -0.25) is 4.79 Å². The number of amides is 1. The van der Waals surface area contributed by atoms with Crippen molar-refractivity contribution in [2.75, 3.05) is 32.7 Å². The predicted molar refractivity (Wildman–Crippen MR) is 144 cm³/mol. The summed E-state index contributed by atoms with van der Waals surface area (Å²) in [5.74, 6) is -8.94. The van der Waals surface area contributed by atoms with E-state index in [0.717, 1.165) is 61.8 Å².